The maximum absolute atomic E-state index is 11.9. The van der Waals surface area contributed by atoms with Crippen LogP contribution in [0.25, 0.3) is 10.2 Å². The fraction of sp³-hybridized carbons (Fsp3) is 0.222. The van der Waals surface area contributed by atoms with E-state index < -0.39 is 10.0 Å². The lowest BCUT2D eigenvalue weighted by Crippen LogP contribution is -2.22. The highest BCUT2D eigenvalue weighted by atomic mass is 35.5. The SMILES string of the molecule is CN(C)S(=O)(=O)c1ccc2nc(Cl)sc2c1. The van der Waals surface area contributed by atoms with Gasteiger partial charge in [0.25, 0.3) is 0 Å². The second-order valence-electron chi connectivity index (χ2n) is 3.38. The fourth-order valence-corrected chi connectivity index (χ4v) is 3.32. The largest absolute Gasteiger partial charge is 0.242 e. The Morgan fingerprint density at radius 1 is 1.38 bits per heavy atom. The summed E-state index contributed by atoms with van der Waals surface area (Å²) in [6, 6.07) is 4.79. The number of rotatable bonds is 2. The fourth-order valence-electron chi connectivity index (χ4n) is 1.25. The zero-order valence-corrected chi connectivity index (χ0v) is 11.0. The van der Waals surface area contributed by atoms with E-state index in [1.807, 2.05) is 0 Å². The molecule has 0 spiro atoms. The van der Waals surface area contributed by atoms with Crippen molar-refractivity contribution in [1.29, 1.82) is 0 Å². The van der Waals surface area contributed by atoms with Crippen LogP contribution in [-0.4, -0.2) is 31.8 Å². The first kappa shape index (κ1) is 11.8. The van der Waals surface area contributed by atoms with Gasteiger partial charge in [0.15, 0.2) is 4.47 Å². The lowest BCUT2D eigenvalue weighted by Gasteiger charge is -2.10. The van der Waals surface area contributed by atoms with Gasteiger partial charge in [-0.15, -0.1) is 11.3 Å². The molecule has 0 aliphatic rings. The molecule has 0 bridgehead atoms. The highest BCUT2D eigenvalue weighted by Gasteiger charge is 2.17. The molecule has 0 saturated heterocycles. The number of aromatic nitrogens is 1. The van der Waals surface area contributed by atoms with Crippen molar-refractivity contribution in [3.8, 4) is 0 Å². The van der Waals surface area contributed by atoms with Crippen molar-refractivity contribution >= 4 is 43.2 Å². The van der Waals surface area contributed by atoms with Gasteiger partial charge in [0.2, 0.25) is 10.0 Å². The van der Waals surface area contributed by atoms with Gasteiger partial charge in [-0.2, -0.15) is 0 Å². The predicted octanol–water partition coefficient (Wildman–Crippen LogP) is 2.20. The minimum absolute atomic E-state index is 0.255. The van der Waals surface area contributed by atoms with Gasteiger partial charge in [0.05, 0.1) is 15.1 Å². The minimum atomic E-state index is -3.39. The molecule has 0 saturated carbocycles. The molecule has 2 rings (SSSR count). The lowest BCUT2D eigenvalue weighted by atomic mass is 10.3. The smallest absolute Gasteiger partial charge is 0.225 e. The van der Waals surface area contributed by atoms with E-state index in [4.69, 9.17) is 11.6 Å². The summed E-state index contributed by atoms with van der Waals surface area (Å²) in [4.78, 5) is 4.31. The van der Waals surface area contributed by atoms with E-state index in [0.29, 0.717) is 9.98 Å². The van der Waals surface area contributed by atoms with Crippen LogP contribution in [0.15, 0.2) is 23.1 Å². The van der Waals surface area contributed by atoms with Crippen LogP contribution in [0.4, 0.5) is 0 Å². The molecule has 86 valence electrons. The Balaban J connectivity index is 2.63. The van der Waals surface area contributed by atoms with Crippen LogP contribution >= 0.6 is 22.9 Å². The quantitative estimate of drug-likeness (QED) is 0.845. The number of benzene rings is 1. The topological polar surface area (TPSA) is 50.3 Å². The van der Waals surface area contributed by atoms with Crippen molar-refractivity contribution in [2.24, 2.45) is 0 Å². The number of fused-ring (bicyclic) bond motifs is 1. The average Bonchev–Trinajstić information content (AvgIpc) is 2.56. The maximum atomic E-state index is 11.9. The standard InChI is InChI=1S/C9H9ClN2O2S2/c1-12(2)16(13,14)6-3-4-7-8(5-6)15-9(10)11-7/h3-5H,1-2H3. The van der Waals surface area contributed by atoms with Gasteiger partial charge < -0.3 is 0 Å². The summed E-state index contributed by atoms with van der Waals surface area (Å²) < 4.78 is 26.1. The van der Waals surface area contributed by atoms with Crippen molar-refractivity contribution in [2.45, 2.75) is 4.90 Å². The Morgan fingerprint density at radius 2 is 2.06 bits per heavy atom. The molecule has 0 amide bonds. The first-order chi connectivity index (χ1) is 7.41. The number of nitrogens with zero attached hydrogens (tertiary/aromatic N) is 2. The summed E-state index contributed by atoms with van der Waals surface area (Å²) >= 11 is 7.03. The molecule has 4 nitrogen and oxygen atoms in total. The van der Waals surface area contributed by atoms with Gasteiger partial charge >= 0.3 is 0 Å². The van der Waals surface area contributed by atoms with Crippen molar-refractivity contribution in [2.75, 3.05) is 14.1 Å². The molecule has 0 aliphatic carbocycles. The van der Waals surface area contributed by atoms with E-state index in [9.17, 15) is 8.42 Å². The van der Waals surface area contributed by atoms with Crippen molar-refractivity contribution in [1.82, 2.24) is 9.29 Å². The molecule has 0 radical (unpaired) electrons. The molecule has 1 aromatic carbocycles. The number of hydrogen-bond acceptors (Lipinski definition) is 4. The lowest BCUT2D eigenvalue weighted by molar-refractivity contribution is 0.521. The first-order valence-electron chi connectivity index (χ1n) is 4.40. The molecular formula is C9H9ClN2O2S2. The van der Waals surface area contributed by atoms with Crippen molar-refractivity contribution in [3.63, 3.8) is 0 Å². The van der Waals surface area contributed by atoms with Crippen LogP contribution < -0.4 is 0 Å². The summed E-state index contributed by atoms with van der Waals surface area (Å²) in [6.07, 6.45) is 0. The van der Waals surface area contributed by atoms with Gasteiger partial charge in [-0.05, 0) is 18.2 Å². The molecule has 0 fully saturated rings. The third-order valence-corrected chi connectivity index (χ3v) is 5.05. The van der Waals surface area contributed by atoms with E-state index in [0.717, 1.165) is 4.70 Å². The molecule has 0 N–H and O–H groups in total. The molecule has 1 aromatic heterocycles. The van der Waals surface area contributed by atoms with Gasteiger partial charge in [0, 0.05) is 14.1 Å². The monoisotopic (exact) mass is 276 g/mol. The first-order valence-corrected chi connectivity index (χ1v) is 7.03. The zero-order chi connectivity index (χ0) is 11.9. The third-order valence-electron chi connectivity index (χ3n) is 2.11. The van der Waals surface area contributed by atoms with Crippen LogP contribution in [0.3, 0.4) is 0 Å². The van der Waals surface area contributed by atoms with E-state index >= 15 is 0 Å². The summed E-state index contributed by atoms with van der Waals surface area (Å²) in [7, 11) is -0.392. The summed E-state index contributed by atoms with van der Waals surface area (Å²) in [5.74, 6) is 0. The van der Waals surface area contributed by atoms with Crippen LogP contribution in [0.5, 0.6) is 0 Å². The second kappa shape index (κ2) is 3.96. The molecule has 2 aromatic rings. The molecule has 0 atom stereocenters. The van der Waals surface area contributed by atoms with Crippen molar-refractivity contribution < 1.29 is 8.42 Å². The number of hydrogen-bond donors (Lipinski definition) is 0. The molecule has 16 heavy (non-hydrogen) atoms. The molecular weight excluding hydrogens is 268 g/mol. The van der Waals surface area contributed by atoms with E-state index in [1.54, 1.807) is 12.1 Å². The minimum Gasteiger partial charge on any atom is -0.225 e. The molecule has 7 heteroatoms. The Kier molecular flexibility index (Phi) is 2.91. The van der Waals surface area contributed by atoms with E-state index in [1.165, 1.54) is 35.8 Å². The second-order valence-corrected chi connectivity index (χ2v) is 7.15. The highest BCUT2D eigenvalue weighted by Crippen LogP contribution is 2.28. The van der Waals surface area contributed by atoms with Crippen molar-refractivity contribution in [3.05, 3.63) is 22.7 Å². The van der Waals surface area contributed by atoms with Gasteiger partial charge in [-0.3, -0.25) is 0 Å². The predicted molar refractivity (Wildman–Crippen MR) is 65.5 cm³/mol. The molecule has 1 heterocycles. The number of thiazole rings is 1. The van der Waals surface area contributed by atoms with Crippen LogP contribution in [-0.2, 0) is 10.0 Å². The molecule has 0 aliphatic heterocycles. The molecule has 0 unspecified atom stereocenters. The summed E-state index contributed by atoms with van der Waals surface area (Å²) in [5.41, 5.74) is 0.715. The average molecular weight is 277 g/mol. The Hall–Kier alpha value is -0.690. The third kappa shape index (κ3) is 1.93. The summed E-state index contributed by atoms with van der Waals surface area (Å²) in [5, 5.41) is 0. The Bertz CT molecular complexity index is 634. The van der Waals surface area contributed by atoms with E-state index in [2.05, 4.69) is 4.98 Å². The number of halogens is 1. The van der Waals surface area contributed by atoms with Crippen LogP contribution in [0.2, 0.25) is 4.47 Å². The number of sulfonamides is 1. The van der Waals surface area contributed by atoms with Gasteiger partial charge in [-0.25, -0.2) is 17.7 Å². The Morgan fingerprint density at radius 3 is 2.69 bits per heavy atom. The summed E-state index contributed by atoms with van der Waals surface area (Å²) in [6.45, 7) is 0. The Labute approximate surface area is 103 Å². The van der Waals surface area contributed by atoms with Gasteiger partial charge in [0.1, 0.15) is 0 Å². The van der Waals surface area contributed by atoms with Crippen LogP contribution in [0, 0.1) is 0 Å². The highest BCUT2D eigenvalue weighted by molar-refractivity contribution is 7.89. The maximum Gasteiger partial charge on any atom is 0.242 e. The zero-order valence-electron chi connectivity index (χ0n) is 8.64. The van der Waals surface area contributed by atoms with Gasteiger partial charge in [-0.1, -0.05) is 11.6 Å². The normalized spacial score (nSPS) is 12.5. The van der Waals surface area contributed by atoms with Crippen LogP contribution in [0.1, 0.15) is 0 Å². The van der Waals surface area contributed by atoms with E-state index in [-0.39, 0.29) is 4.90 Å².